The van der Waals surface area contributed by atoms with Gasteiger partial charge in [0, 0.05) is 54.8 Å². The number of benzene rings is 4. The van der Waals surface area contributed by atoms with Gasteiger partial charge in [0.05, 0.1) is 39.3 Å². The molecule has 1 aliphatic heterocycles. The average molecular weight is 907 g/mol. The van der Waals surface area contributed by atoms with Crippen molar-refractivity contribution in [2.75, 3.05) is 44.1 Å². The molecule has 2 N–H and O–H groups in total. The molecule has 0 amide bonds. The van der Waals surface area contributed by atoms with Gasteiger partial charge in [0.2, 0.25) is 11.8 Å². The summed E-state index contributed by atoms with van der Waals surface area (Å²) < 4.78 is 32.4. The summed E-state index contributed by atoms with van der Waals surface area (Å²) in [7, 11) is 1.59. The van der Waals surface area contributed by atoms with E-state index in [0.717, 1.165) is 79.3 Å². The van der Waals surface area contributed by atoms with E-state index >= 15 is 0 Å². The molecule has 10 rings (SSSR count). The zero-order valence-electron chi connectivity index (χ0n) is 36.1. The number of piperidine rings is 1. The second-order valence-corrected chi connectivity index (χ2v) is 16.4. The summed E-state index contributed by atoms with van der Waals surface area (Å²) >= 11 is 3.24. The number of halogens is 1. The lowest BCUT2D eigenvalue weighted by Gasteiger charge is -2.31. The Kier molecular flexibility index (Phi) is 15.0. The Morgan fingerprint density at radius 3 is 1.75 bits per heavy atom. The van der Waals surface area contributed by atoms with Crippen LogP contribution in [0.3, 0.4) is 0 Å². The van der Waals surface area contributed by atoms with E-state index < -0.39 is 0 Å². The van der Waals surface area contributed by atoms with E-state index in [1.54, 1.807) is 67.0 Å². The molecule has 330 valence electrons. The van der Waals surface area contributed by atoms with E-state index in [1.165, 1.54) is 0 Å². The van der Waals surface area contributed by atoms with Gasteiger partial charge in [-0.2, -0.15) is 0 Å². The number of aromatic nitrogens is 7. The molecule has 0 saturated carbocycles. The van der Waals surface area contributed by atoms with Crippen LogP contribution in [-0.4, -0.2) is 73.2 Å². The minimum atomic E-state index is -0.298. The number of nitrogens with zero attached hydrogens (tertiary/aromatic N) is 8. The van der Waals surface area contributed by atoms with Crippen LogP contribution in [0.4, 0.5) is 26.0 Å². The number of likely N-dealkylation sites (tertiary alicyclic amines) is 1. The number of fused-ring (bicyclic) bond motifs is 2. The highest BCUT2D eigenvalue weighted by atomic mass is 32.1. The van der Waals surface area contributed by atoms with Gasteiger partial charge in [-0.25, -0.2) is 29.3 Å². The number of methoxy groups -OCH3 is 1. The molecular weight excluding hydrogens is 860 g/mol. The van der Waals surface area contributed by atoms with Crippen molar-refractivity contribution >= 4 is 64.7 Å². The zero-order valence-corrected chi connectivity index (χ0v) is 37.7. The van der Waals surface area contributed by atoms with E-state index in [1.807, 2.05) is 105 Å². The van der Waals surface area contributed by atoms with E-state index in [-0.39, 0.29) is 12.6 Å². The van der Waals surface area contributed by atoms with Crippen LogP contribution in [0.25, 0.3) is 31.7 Å². The number of thiazole rings is 2. The molecule has 5 aromatic heterocycles. The van der Waals surface area contributed by atoms with Crippen LogP contribution in [-0.2, 0) is 0 Å². The Hall–Kier alpha value is -7.14. The van der Waals surface area contributed by atoms with Gasteiger partial charge >= 0.3 is 0 Å². The van der Waals surface area contributed by atoms with Crippen molar-refractivity contribution in [2.45, 2.75) is 32.6 Å². The SMILES string of the molecule is CC.COc1cnccc1-c1nccnc1Oc1ccc(Nc2nc3ccccc3s2)cc1.FCCN1CCC(c2nccnc2Oc2ccc(Nc3nc4ccccc4s3)cc2)CC1. The van der Waals surface area contributed by atoms with Crippen molar-refractivity contribution in [3.63, 3.8) is 0 Å². The third kappa shape index (κ3) is 11.3. The van der Waals surface area contributed by atoms with Gasteiger partial charge in [0.1, 0.15) is 35.3 Å². The van der Waals surface area contributed by atoms with Crippen LogP contribution >= 0.6 is 22.7 Å². The van der Waals surface area contributed by atoms with Gasteiger partial charge < -0.3 is 29.7 Å². The maximum Gasteiger partial charge on any atom is 0.246 e. The lowest BCUT2D eigenvalue weighted by atomic mass is 9.93. The van der Waals surface area contributed by atoms with Gasteiger partial charge in [-0.05, 0) is 105 Å². The highest BCUT2D eigenvalue weighted by molar-refractivity contribution is 7.22. The molecule has 65 heavy (non-hydrogen) atoms. The third-order valence-electron chi connectivity index (χ3n) is 10.2. The van der Waals surface area contributed by atoms with E-state index in [2.05, 4.69) is 62.6 Å². The minimum absolute atomic E-state index is 0.273. The van der Waals surface area contributed by atoms with E-state index in [4.69, 9.17) is 14.2 Å². The number of ether oxygens (including phenoxy) is 3. The fourth-order valence-electron chi connectivity index (χ4n) is 7.10. The molecule has 13 nitrogen and oxygen atoms in total. The smallest absolute Gasteiger partial charge is 0.246 e. The number of rotatable bonds is 13. The molecule has 0 unspecified atom stereocenters. The zero-order chi connectivity index (χ0) is 44.8. The summed E-state index contributed by atoms with van der Waals surface area (Å²) in [4.78, 5) is 33.2. The largest absolute Gasteiger partial charge is 0.494 e. The van der Waals surface area contributed by atoms with E-state index in [9.17, 15) is 4.39 Å². The molecule has 0 atom stereocenters. The predicted molar refractivity (Wildman–Crippen MR) is 258 cm³/mol. The normalized spacial score (nSPS) is 12.7. The Balaban J connectivity index is 0.000000171. The van der Waals surface area contributed by atoms with Gasteiger partial charge in [-0.1, -0.05) is 60.8 Å². The molecular formula is C49H47FN10O3S2. The first-order valence-electron chi connectivity index (χ1n) is 21.3. The lowest BCUT2D eigenvalue weighted by molar-refractivity contribution is 0.194. The maximum absolute atomic E-state index is 12.6. The summed E-state index contributed by atoms with van der Waals surface area (Å²) in [6, 6.07) is 33.3. The van der Waals surface area contributed by atoms with Gasteiger partial charge in [0.25, 0.3) is 0 Å². The van der Waals surface area contributed by atoms with Crippen molar-refractivity contribution in [1.82, 2.24) is 39.8 Å². The molecule has 1 saturated heterocycles. The number of para-hydroxylation sites is 2. The van der Waals surface area contributed by atoms with Gasteiger partial charge in [0.15, 0.2) is 10.3 Å². The van der Waals surface area contributed by atoms with Crippen molar-refractivity contribution < 1.29 is 18.6 Å². The Bertz CT molecular complexity index is 2840. The molecule has 1 fully saturated rings. The first-order valence-corrected chi connectivity index (χ1v) is 22.9. The molecule has 0 aliphatic carbocycles. The number of anilines is 4. The van der Waals surface area contributed by atoms with Crippen LogP contribution in [0.5, 0.6) is 29.0 Å². The molecule has 6 heterocycles. The number of hydrogen-bond donors (Lipinski definition) is 2. The van der Waals surface area contributed by atoms with Crippen molar-refractivity contribution in [3.05, 3.63) is 146 Å². The van der Waals surface area contributed by atoms with Gasteiger partial charge in [-0.3, -0.25) is 9.97 Å². The summed E-state index contributed by atoms with van der Waals surface area (Å²) in [6.07, 6.45) is 11.7. The topological polar surface area (TPSA) is 145 Å². The monoisotopic (exact) mass is 906 g/mol. The Labute approximate surface area is 384 Å². The third-order valence-corrected chi connectivity index (χ3v) is 12.1. The number of nitrogens with one attached hydrogen (secondary N) is 2. The average Bonchev–Trinajstić information content (AvgIpc) is 3.97. The quantitative estimate of drug-likeness (QED) is 0.113. The van der Waals surface area contributed by atoms with Crippen LogP contribution in [0.2, 0.25) is 0 Å². The highest BCUT2D eigenvalue weighted by Crippen LogP contribution is 2.37. The molecule has 0 bridgehead atoms. The molecule has 1 aliphatic rings. The Morgan fingerprint density at radius 2 is 1.18 bits per heavy atom. The number of pyridine rings is 1. The number of alkyl halides is 1. The number of hydrogen-bond acceptors (Lipinski definition) is 15. The van der Waals surface area contributed by atoms with Crippen LogP contribution in [0, 0.1) is 0 Å². The maximum atomic E-state index is 12.6. The summed E-state index contributed by atoms with van der Waals surface area (Å²) in [5, 5.41) is 8.39. The summed E-state index contributed by atoms with van der Waals surface area (Å²) in [5.41, 5.74) is 6.05. The highest BCUT2D eigenvalue weighted by Gasteiger charge is 2.25. The fraction of sp³-hybridized carbons (Fsp3) is 0.204. The predicted octanol–water partition coefficient (Wildman–Crippen LogP) is 12.5. The molecule has 16 heteroatoms. The summed E-state index contributed by atoms with van der Waals surface area (Å²) in [5.74, 6) is 3.15. The molecule has 0 radical (unpaired) electrons. The first-order chi connectivity index (χ1) is 32.1. The molecule has 4 aromatic carbocycles. The Morgan fingerprint density at radius 1 is 0.646 bits per heavy atom. The standard InChI is InChI=1S/C24H24FN5OS.C23H17N5O2S.C2H6/c25-11-16-30-14-9-17(10-15-30)22-23(27-13-12-26-22)31-19-7-5-18(6-8-19)28-24-29-20-3-1-2-4-21(20)32-24;1-29-19-14-24-11-10-17(19)21-22(26-13-12-25-21)30-16-8-6-15(7-9-16)27-23-28-18-4-2-3-5-20(18)31-23;1-2/h1-8,12-13,17H,9-11,14-16H2,(H,28,29);2-14H,1H3,(H,27,28);1-2H3. The van der Waals surface area contributed by atoms with Crippen molar-refractivity contribution in [3.8, 4) is 40.3 Å². The van der Waals surface area contributed by atoms with E-state index in [0.29, 0.717) is 41.2 Å². The van der Waals surface area contributed by atoms with Crippen LogP contribution in [0.15, 0.2) is 140 Å². The first kappa shape index (κ1) is 44.5. The molecule has 9 aromatic rings. The molecule has 0 spiro atoms. The summed E-state index contributed by atoms with van der Waals surface area (Å²) in [6.45, 7) is 5.95. The van der Waals surface area contributed by atoms with Crippen LogP contribution in [0.1, 0.15) is 38.3 Å². The van der Waals surface area contributed by atoms with Crippen LogP contribution < -0.4 is 24.8 Å². The minimum Gasteiger partial charge on any atom is -0.494 e. The van der Waals surface area contributed by atoms with Gasteiger partial charge in [-0.15, -0.1) is 0 Å². The van der Waals surface area contributed by atoms with Crippen molar-refractivity contribution in [1.29, 1.82) is 0 Å². The second kappa shape index (κ2) is 22.0. The van der Waals surface area contributed by atoms with Crippen molar-refractivity contribution in [2.24, 2.45) is 0 Å². The second-order valence-electron chi connectivity index (χ2n) is 14.3. The lowest BCUT2D eigenvalue weighted by Crippen LogP contribution is -2.34. The fourth-order valence-corrected chi connectivity index (χ4v) is 8.87.